The van der Waals surface area contributed by atoms with Gasteiger partial charge in [-0.3, -0.25) is 0 Å². The summed E-state index contributed by atoms with van der Waals surface area (Å²) in [5, 5.41) is 13.9. The molecule has 0 spiro atoms. The molecule has 3 aromatic heterocycles. The summed E-state index contributed by atoms with van der Waals surface area (Å²) in [5.74, 6) is 1.10. The second-order valence-electron chi connectivity index (χ2n) is 5.79. The summed E-state index contributed by atoms with van der Waals surface area (Å²) in [6.07, 6.45) is 3.24. The predicted octanol–water partition coefficient (Wildman–Crippen LogP) is 3.41. The van der Waals surface area contributed by atoms with Crippen molar-refractivity contribution in [3.8, 4) is 17.2 Å². The minimum absolute atomic E-state index is 0.369. The molecule has 0 saturated carbocycles. The van der Waals surface area contributed by atoms with Crippen molar-refractivity contribution in [3.05, 3.63) is 60.3 Å². The Balaban J connectivity index is 1.83. The Morgan fingerprint density at radius 2 is 2.12 bits per heavy atom. The molecule has 4 aromatic rings. The Morgan fingerprint density at radius 1 is 1.23 bits per heavy atom. The lowest BCUT2D eigenvalue weighted by Gasteiger charge is -2.13. The number of rotatable bonds is 4. The van der Waals surface area contributed by atoms with Crippen LogP contribution in [0.5, 0.6) is 5.75 Å². The largest absolute Gasteiger partial charge is 0.465 e. The minimum atomic E-state index is -0.392. The third-order valence-corrected chi connectivity index (χ3v) is 4.13. The topological polar surface area (TPSA) is 81.5 Å². The maximum atomic E-state index is 9.46. The van der Waals surface area contributed by atoms with E-state index in [1.807, 2.05) is 28.8 Å². The lowest BCUT2D eigenvalue weighted by molar-refractivity contribution is -0.0382. The Kier molecular flexibility index (Phi) is 4.06. The van der Waals surface area contributed by atoms with E-state index in [0.29, 0.717) is 33.5 Å². The summed E-state index contributed by atoms with van der Waals surface area (Å²) in [6.45, 7) is 1.79. The maximum Gasteiger partial charge on any atom is 0.196 e. The van der Waals surface area contributed by atoms with Crippen molar-refractivity contribution in [2.75, 3.05) is 7.11 Å². The van der Waals surface area contributed by atoms with Gasteiger partial charge in [0.2, 0.25) is 0 Å². The molecule has 26 heavy (non-hydrogen) atoms. The molecule has 1 unspecified atom stereocenters. The molecule has 3 heterocycles. The smallest absolute Gasteiger partial charge is 0.196 e. The van der Waals surface area contributed by atoms with Crippen molar-refractivity contribution < 1.29 is 19.1 Å². The summed E-state index contributed by atoms with van der Waals surface area (Å²) in [5.41, 5.74) is 2.20. The summed E-state index contributed by atoms with van der Waals surface area (Å²) >= 11 is 0. The number of hydrogen-bond acceptors (Lipinski definition) is 6. The molecule has 0 aliphatic rings. The van der Waals surface area contributed by atoms with Crippen LogP contribution in [0, 0.1) is 0 Å². The number of hydrogen-bond donors (Lipinski definition) is 1. The van der Waals surface area contributed by atoms with Crippen LogP contribution in [0.1, 0.15) is 6.92 Å². The lowest BCUT2D eigenvalue weighted by atomic mass is 10.2. The van der Waals surface area contributed by atoms with Crippen LogP contribution >= 0.6 is 0 Å². The molecular formula is C19H17N3O4. The number of nitrogens with zero attached hydrogens (tertiary/aromatic N) is 3. The normalized spacial score (nSPS) is 13.4. The van der Waals surface area contributed by atoms with Gasteiger partial charge in [-0.25, -0.2) is 4.98 Å². The molecule has 1 aromatic carbocycles. The number of fused-ring (bicyclic) bond motifs is 2. The Labute approximate surface area is 148 Å². The third kappa shape index (κ3) is 2.89. The highest BCUT2D eigenvalue weighted by molar-refractivity contribution is 5.80. The molecule has 7 nitrogen and oxygen atoms in total. The standard InChI is InChI=1S/C19H17N3O4/c1-12(24-2)25-14-5-6-18-15(9-14)16(21-23)10-19(26-18)17-8-13-4-3-7-22(13)11-20-17/h3-12,23H,1-2H3. The van der Waals surface area contributed by atoms with E-state index in [2.05, 4.69) is 10.1 Å². The van der Waals surface area contributed by atoms with Gasteiger partial charge in [-0.15, -0.1) is 0 Å². The average Bonchev–Trinajstić information content (AvgIpc) is 3.14. The molecule has 0 fully saturated rings. The molecule has 132 valence electrons. The highest BCUT2D eigenvalue weighted by Crippen LogP contribution is 2.25. The maximum absolute atomic E-state index is 9.46. The van der Waals surface area contributed by atoms with Crippen molar-refractivity contribution in [1.29, 1.82) is 0 Å². The summed E-state index contributed by atoms with van der Waals surface area (Å²) in [4.78, 5) is 4.40. The van der Waals surface area contributed by atoms with Gasteiger partial charge in [0.05, 0.1) is 11.7 Å². The van der Waals surface area contributed by atoms with Crippen molar-refractivity contribution in [2.24, 2.45) is 5.16 Å². The first-order valence-corrected chi connectivity index (χ1v) is 8.06. The van der Waals surface area contributed by atoms with Gasteiger partial charge >= 0.3 is 0 Å². The van der Waals surface area contributed by atoms with E-state index in [-0.39, 0.29) is 0 Å². The van der Waals surface area contributed by atoms with Crippen molar-refractivity contribution in [1.82, 2.24) is 9.38 Å². The van der Waals surface area contributed by atoms with Gasteiger partial charge in [-0.1, -0.05) is 5.16 Å². The molecule has 0 amide bonds. The van der Waals surface area contributed by atoms with E-state index in [1.165, 1.54) is 0 Å². The van der Waals surface area contributed by atoms with E-state index < -0.39 is 6.29 Å². The fourth-order valence-corrected chi connectivity index (χ4v) is 2.74. The van der Waals surface area contributed by atoms with Crippen molar-refractivity contribution >= 4 is 16.5 Å². The first-order valence-electron chi connectivity index (χ1n) is 8.06. The molecule has 0 radical (unpaired) electrons. The molecule has 0 saturated heterocycles. The lowest BCUT2D eigenvalue weighted by Crippen LogP contribution is -2.13. The van der Waals surface area contributed by atoms with Gasteiger partial charge in [0.1, 0.15) is 22.4 Å². The van der Waals surface area contributed by atoms with Crippen LogP contribution in [0.4, 0.5) is 0 Å². The number of methoxy groups -OCH3 is 1. The van der Waals surface area contributed by atoms with E-state index >= 15 is 0 Å². The summed E-state index contributed by atoms with van der Waals surface area (Å²) in [6, 6.07) is 12.8. The quantitative estimate of drug-likeness (QED) is 0.346. The summed E-state index contributed by atoms with van der Waals surface area (Å²) in [7, 11) is 1.57. The predicted molar refractivity (Wildman–Crippen MR) is 94.8 cm³/mol. The van der Waals surface area contributed by atoms with Gasteiger partial charge in [0, 0.05) is 24.9 Å². The number of benzene rings is 1. The first-order chi connectivity index (χ1) is 12.7. The highest BCUT2D eigenvalue weighted by atomic mass is 16.7. The zero-order chi connectivity index (χ0) is 18.1. The van der Waals surface area contributed by atoms with E-state index in [9.17, 15) is 5.21 Å². The Morgan fingerprint density at radius 3 is 2.92 bits per heavy atom. The molecule has 1 atom stereocenters. The molecule has 7 heteroatoms. The monoisotopic (exact) mass is 351 g/mol. The first kappa shape index (κ1) is 16.2. The molecular weight excluding hydrogens is 334 g/mol. The van der Waals surface area contributed by atoms with Crippen LogP contribution in [0.25, 0.3) is 27.9 Å². The van der Waals surface area contributed by atoms with Crippen LogP contribution in [-0.2, 0) is 4.74 Å². The Bertz CT molecular complexity index is 1150. The second kappa shape index (κ2) is 6.53. The van der Waals surface area contributed by atoms with E-state index in [4.69, 9.17) is 13.9 Å². The fourth-order valence-electron chi connectivity index (χ4n) is 2.74. The Hall–Kier alpha value is -3.32. The van der Waals surface area contributed by atoms with Crippen LogP contribution in [0.15, 0.2) is 64.6 Å². The number of ether oxygens (including phenoxy) is 2. The molecule has 1 N–H and O–H groups in total. The fraction of sp³-hybridized carbons (Fsp3) is 0.158. The SMILES string of the molecule is COC(C)Oc1ccc2oc(-c3cc4cccn4cn3)cc(=NO)c2c1. The average molecular weight is 351 g/mol. The van der Waals surface area contributed by atoms with Gasteiger partial charge in [-0.05, 0) is 43.3 Å². The molecule has 0 bridgehead atoms. The van der Waals surface area contributed by atoms with Crippen LogP contribution in [0.2, 0.25) is 0 Å². The van der Waals surface area contributed by atoms with E-state index in [1.54, 1.807) is 44.6 Å². The van der Waals surface area contributed by atoms with E-state index in [0.717, 1.165) is 5.52 Å². The zero-order valence-electron chi connectivity index (χ0n) is 14.3. The number of aromatic nitrogens is 2. The minimum Gasteiger partial charge on any atom is -0.465 e. The molecule has 0 aliphatic carbocycles. The van der Waals surface area contributed by atoms with Gasteiger partial charge in [0.15, 0.2) is 12.1 Å². The molecule has 0 aliphatic heterocycles. The van der Waals surface area contributed by atoms with Crippen molar-refractivity contribution in [3.63, 3.8) is 0 Å². The van der Waals surface area contributed by atoms with Crippen LogP contribution in [0.3, 0.4) is 0 Å². The second-order valence-corrected chi connectivity index (χ2v) is 5.79. The van der Waals surface area contributed by atoms with Crippen LogP contribution in [-0.4, -0.2) is 28.0 Å². The van der Waals surface area contributed by atoms with Gasteiger partial charge in [-0.2, -0.15) is 0 Å². The highest BCUT2D eigenvalue weighted by Gasteiger charge is 2.10. The van der Waals surface area contributed by atoms with Crippen molar-refractivity contribution in [2.45, 2.75) is 13.2 Å². The molecule has 4 rings (SSSR count). The van der Waals surface area contributed by atoms with Crippen LogP contribution < -0.4 is 10.1 Å². The van der Waals surface area contributed by atoms with Gasteiger partial charge in [0.25, 0.3) is 0 Å². The van der Waals surface area contributed by atoms with Gasteiger partial charge < -0.3 is 23.5 Å². The third-order valence-electron chi connectivity index (χ3n) is 4.13. The summed E-state index contributed by atoms with van der Waals surface area (Å²) < 4.78 is 18.6. The zero-order valence-corrected chi connectivity index (χ0v) is 14.3.